The smallest absolute Gasteiger partial charge is 0.222 e. The average molecular weight is 208 g/mol. The van der Waals surface area contributed by atoms with Crippen molar-refractivity contribution < 1.29 is 4.79 Å². The van der Waals surface area contributed by atoms with Gasteiger partial charge >= 0.3 is 0 Å². The minimum Gasteiger partial charge on any atom is -0.345 e. The highest BCUT2D eigenvalue weighted by Gasteiger charge is 2.29. The topological polar surface area (TPSA) is 55.1 Å². The standard InChI is InChI=1S/C12H20N2O/c1-2-3-9-14-11(15)10-12(13)7-5-4-6-8-12/h4-10,13H2,1H3,(H,14,15). The molecule has 0 saturated heterocycles. The third-order valence-corrected chi connectivity index (χ3v) is 2.91. The molecule has 0 aromatic carbocycles. The first-order valence-electron chi connectivity index (χ1n) is 5.61. The zero-order valence-corrected chi connectivity index (χ0v) is 9.44. The Balaban J connectivity index is 2.31. The fourth-order valence-electron chi connectivity index (χ4n) is 2.05. The highest BCUT2D eigenvalue weighted by atomic mass is 16.1. The van der Waals surface area contributed by atoms with Crippen molar-refractivity contribution >= 4 is 5.91 Å². The number of nitrogens with two attached hydrogens (primary N) is 1. The second kappa shape index (κ2) is 5.77. The minimum absolute atomic E-state index is 0.0298. The summed E-state index contributed by atoms with van der Waals surface area (Å²) in [6.07, 6.45) is 5.94. The lowest BCUT2D eigenvalue weighted by atomic mass is 9.80. The van der Waals surface area contributed by atoms with Gasteiger partial charge in [-0.3, -0.25) is 4.79 Å². The van der Waals surface area contributed by atoms with Gasteiger partial charge in [-0.25, -0.2) is 0 Å². The van der Waals surface area contributed by atoms with E-state index in [-0.39, 0.29) is 11.4 Å². The lowest BCUT2D eigenvalue weighted by molar-refractivity contribution is -0.122. The lowest BCUT2D eigenvalue weighted by Gasteiger charge is -2.32. The molecular weight excluding hydrogens is 188 g/mol. The number of hydrogen-bond donors (Lipinski definition) is 2. The highest BCUT2D eigenvalue weighted by Crippen LogP contribution is 2.28. The van der Waals surface area contributed by atoms with Gasteiger partial charge in [0.1, 0.15) is 0 Å². The van der Waals surface area contributed by atoms with Gasteiger partial charge in [0, 0.05) is 12.0 Å². The first kappa shape index (κ1) is 12.1. The normalized spacial score (nSPS) is 18.8. The molecule has 0 aliphatic heterocycles. The molecule has 0 bridgehead atoms. The summed E-state index contributed by atoms with van der Waals surface area (Å²) in [6, 6.07) is 0. The van der Waals surface area contributed by atoms with Gasteiger partial charge in [0.2, 0.25) is 5.91 Å². The van der Waals surface area contributed by atoms with E-state index in [1.807, 2.05) is 0 Å². The number of carbonyl (C=O) groups excluding carboxylic acids is 1. The van der Waals surface area contributed by atoms with Crippen LogP contribution >= 0.6 is 0 Å². The van der Waals surface area contributed by atoms with E-state index in [0.717, 1.165) is 25.7 Å². The van der Waals surface area contributed by atoms with Crippen molar-refractivity contribution in [3.05, 3.63) is 0 Å². The Morgan fingerprint density at radius 3 is 2.67 bits per heavy atom. The quantitative estimate of drug-likeness (QED) is 0.684. The van der Waals surface area contributed by atoms with Crippen LogP contribution in [0, 0.1) is 11.8 Å². The fraction of sp³-hybridized carbons (Fsp3) is 0.750. The van der Waals surface area contributed by atoms with E-state index in [1.54, 1.807) is 6.92 Å². The summed E-state index contributed by atoms with van der Waals surface area (Å²) in [5, 5.41) is 2.76. The molecule has 1 aliphatic rings. The molecule has 1 fully saturated rings. The van der Waals surface area contributed by atoms with Crippen molar-refractivity contribution in [2.24, 2.45) is 5.73 Å². The Morgan fingerprint density at radius 2 is 2.07 bits per heavy atom. The van der Waals surface area contributed by atoms with Crippen molar-refractivity contribution in [1.29, 1.82) is 0 Å². The fourth-order valence-corrected chi connectivity index (χ4v) is 2.05. The Kier molecular flexibility index (Phi) is 4.64. The predicted molar refractivity (Wildman–Crippen MR) is 61.1 cm³/mol. The first-order valence-corrected chi connectivity index (χ1v) is 5.61. The molecule has 0 aromatic rings. The van der Waals surface area contributed by atoms with E-state index < -0.39 is 0 Å². The summed E-state index contributed by atoms with van der Waals surface area (Å²) in [6.45, 7) is 2.20. The van der Waals surface area contributed by atoms with Crippen LogP contribution in [0.15, 0.2) is 0 Å². The van der Waals surface area contributed by atoms with Gasteiger partial charge < -0.3 is 11.1 Å². The lowest BCUT2D eigenvalue weighted by Crippen LogP contribution is -2.46. The third kappa shape index (κ3) is 4.35. The monoisotopic (exact) mass is 208 g/mol. The maximum atomic E-state index is 11.5. The molecular formula is C12H20N2O. The molecule has 3 heteroatoms. The molecule has 1 aliphatic carbocycles. The molecule has 84 valence electrons. The summed E-state index contributed by atoms with van der Waals surface area (Å²) in [5.74, 6) is 5.58. The molecule has 0 unspecified atom stereocenters. The van der Waals surface area contributed by atoms with Gasteiger partial charge in [-0.05, 0) is 19.8 Å². The van der Waals surface area contributed by atoms with Crippen LogP contribution in [0.25, 0.3) is 0 Å². The van der Waals surface area contributed by atoms with Crippen LogP contribution in [-0.2, 0) is 4.79 Å². The molecule has 0 atom stereocenters. The molecule has 15 heavy (non-hydrogen) atoms. The van der Waals surface area contributed by atoms with E-state index in [1.165, 1.54) is 6.42 Å². The number of rotatable bonds is 3. The van der Waals surface area contributed by atoms with Crippen LogP contribution in [0.2, 0.25) is 0 Å². The van der Waals surface area contributed by atoms with Crippen LogP contribution in [0.5, 0.6) is 0 Å². The SMILES string of the molecule is CC#CCNC(=O)CC1(N)CCCCC1. The zero-order valence-electron chi connectivity index (χ0n) is 9.44. The summed E-state index contributed by atoms with van der Waals surface area (Å²) >= 11 is 0. The Bertz CT molecular complexity index is 269. The Hall–Kier alpha value is -1.01. The minimum atomic E-state index is -0.262. The highest BCUT2D eigenvalue weighted by molar-refractivity contribution is 5.77. The second-order valence-electron chi connectivity index (χ2n) is 4.30. The van der Waals surface area contributed by atoms with Crippen LogP contribution in [0.1, 0.15) is 45.4 Å². The van der Waals surface area contributed by atoms with Crippen molar-refractivity contribution in [3.63, 3.8) is 0 Å². The van der Waals surface area contributed by atoms with Gasteiger partial charge in [0.25, 0.3) is 0 Å². The molecule has 0 aromatic heterocycles. The number of nitrogens with one attached hydrogen (secondary N) is 1. The van der Waals surface area contributed by atoms with Crippen molar-refractivity contribution in [1.82, 2.24) is 5.32 Å². The van der Waals surface area contributed by atoms with E-state index in [9.17, 15) is 4.79 Å². The van der Waals surface area contributed by atoms with E-state index in [4.69, 9.17) is 5.73 Å². The molecule has 1 amide bonds. The molecule has 1 rings (SSSR count). The van der Waals surface area contributed by atoms with Gasteiger partial charge in [0.05, 0.1) is 6.54 Å². The van der Waals surface area contributed by atoms with Gasteiger partial charge in [-0.1, -0.05) is 25.2 Å². The van der Waals surface area contributed by atoms with E-state index in [2.05, 4.69) is 17.2 Å². The first-order chi connectivity index (χ1) is 7.16. The summed E-state index contributed by atoms with van der Waals surface area (Å²) in [7, 11) is 0. The van der Waals surface area contributed by atoms with Crippen molar-refractivity contribution in [2.45, 2.75) is 51.0 Å². The average Bonchev–Trinajstić information content (AvgIpc) is 2.18. The van der Waals surface area contributed by atoms with Crippen molar-refractivity contribution in [2.75, 3.05) is 6.54 Å². The van der Waals surface area contributed by atoms with Crippen LogP contribution in [0.4, 0.5) is 0 Å². The van der Waals surface area contributed by atoms with E-state index in [0.29, 0.717) is 13.0 Å². The zero-order chi connectivity index (χ0) is 11.1. The molecule has 0 spiro atoms. The largest absolute Gasteiger partial charge is 0.345 e. The number of amides is 1. The second-order valence-corrected chi connectivity index (χ2v) is 4.30. The predicted octanol–water partition coefficient (Wildman–Crippen LogP) is 1.18. The Labute approximate surface area is 91.8 Å². The van der Waals surface area contributed by atoms with E-state index >= 15 is 0 Å². The molecule has 0 radical (unpaired) electrons. The maximum absolute atomic E-state index is 11.5. The van der Waals surface area contributed by atoms with Crippen LogP contribution in [0.3, 0.4) is 0 Å². The number of carbonyl (C=O) groups is 1. The molecule has 3 nitrogen and oxygen atoms in total. The third-order valence-electron chi connectivity index (χ3n) is 2.91. The molecule has 1 saturated carbocycles. The van der Waals surface area contributed by atoms with Crippen molar-refractivity contribution in [3.8, 4) is 11.8 Å². The number of hydrogen-bond acceptors (Lipinski definition) is 2. The van der Waals surface area contributed by atoms with Gasteiger partial charge in [0.15, 0.2) is 0 Å². The summed E-state index contributed by atoms with van der Waals surface area (Å²) in [5.41, 5.74) is 5.91. The summed E-state index contributed by atoms with van der Waals surface area (Å²) < 4.78 is 0. The molecule has 3 N–H and O–H groups in total. The molecule has 0 heterocycles. The van der Waals surface area contributed by atoms with Crippen LogP contribution < -0.4 is 11.1 Å². The van der Waals surface area contributed by atoms with Crippen LogP contribution in [-0.4, -0.2) is 18.0 Å². The van der Waals surface area contributed by atoms with Gasteiger partial charge in [-0.15, -0.1) is 5.92 Å². The summed E-state index contributed by atoms with van der Waals surface area (Å²) in [4.78, 5) is 11.5. The maximum Gasteiger partial charge on any atom is 0.222 e. The van der Waals surface area contributed by atoms with Gasteiger partial charge in [-0.2, -0.15) is 0 Å². The Morgan fingerprint density at radius 1 is 1.40 bits per heavy atom.